The summed E-state index contributed by atoms with van der Waals surface area (Å²) in [5.74, 6) is -1.14. The molecule has 222 valence electrons. The highest BCUT2D eigenvalue weighted by Crippen LogP contribution is 2.26. The van der Waals surface area contributed by atoms with Crippen molar-refractivity contribution in [2.75, 3.05) is 25.5 Å². The van der Waals surface area contributed by atoms with Crippen molar-refractivity contribution in [2.24, 2.45) is 0 Å². The molecule has 42 heavy (non-hydrogen) atoms. The lowest BCUT2D eigenvalue weighted by Crippen LogP contribution is -2.51. The summed E-state index contributed by atoms with van der Waals surface area (Å²) < 4.78 is 32.8. The molecule has 0 aromatic heterocycles. The largest absolute Gasteiger partial charge is 0.467 e. The second-order valence-electron chi connectivity index (χ2n) is 10.2. The number of amides is 1. The van der Waals surface area contributed by atoms with E-state index in [1.807, 2.05) is 49.4 Å². The van der Waals surface area contributed by atoms with Crippen molar-refractivity contribution in [1.29, 1.82) is 0 Å². The fourth-order valence-electron chi connectivity index (χ4n) is 4.84. The van der Waals surface area contributed by atoms with Gasteiger partial charge >= 0.3 is 5.97 Å². The Bertz CT molecular complexity index is 1480. The third-order valence-corrected chi connectivity index (χ3v) is 9.30. The molecule has 11 heteroatoms. The van der Waals surface area contributed by atoms with E-state index in [4.69, 9.17) is 17.0 Å². The number of anilines is 1. The monoisotopic (exact) mass is 608 g/mol. The third kappa shape index (κ3) is 8.15. The molecule has 0 saturated carbocycles. The van der Waals surface area contributed by atoms with Crippen molar-refractivity contribution < 1.29 is 22.7 Å². The Balaban J connectivity index is 1.35. The van der Waals surface area contributed by atoms with Crippen LogP contribution < -0.4 is 16.0 Å². The molecule has 0 unspecified atom stereocenters. The van der Waals surface area contributed by atoms with E-state index < -0.39 is 34.0 Å². The molecule has 3 N–H and O–H groups in total. The van der Waals surface area contributed by atoms with E-state index >= 15 is 0 Å². The fourth-order valence-corrected chi connectivity index (χ4v) is 6.72. The number of hydrogen-bond donors (Lipinski definition) is 3. The zero-order valence-corrected chi connectivity index (χ0v) is 25.3. The molecule has 1 heterocycles. The van der Waals surface area contributed by atoms with Gasteiger partial charge in [0.15, 0.2) is 5.11 Å². The van der Waals surface area contributed by atoms with E-state index in [1.54, 1.807) is 24.3 Å². The van der Waals surface area contributed by atoms with Gasteiger partial charge < -0.3 is 20.7 Å². The van der Waals surface area contributed by atoms with E-state index in [9.17, 15) is 18.0 Å². The topological polar surface area (TPSA) is 117 Å². The molecule has 1 aliphatic heterocycles. The van der Waals surface area contributed by atoms with E-state index in [1.165, 1.54) is 17.0 Å². The molecular weight excluding hydrogens is 572 g/mol. The van der Waals surface area contributed by atoms with Crippen molar-refractivity contribution in [3.8, 4) is 0 Å². The molecule has 3 aromatic rings. The van der Waals surface area contributed by atoms with Gasteiger partial charge in [0.25, 0.3) is 0 Å². The van der Waals surface area contributed by atoms with Gasteiger partial charge in [0.2, 0.25) is 15.9 Å². The summed E-state index contributed by atoms with van der Waals surface area (Å²) in [7, 11) is -2.62. The first kappa shape index (κ1) is 31.1. The number of carbonyl (C=O) groups is 2. The van der Waals surface area contributed by atoms with Crippen molar-refractivity contribution >= 4 is 44.9 Å². The quantitative estimate of drug-likeness (QED) is 0.224. The molecule has 3 aromatic carbocycles. The SMILES string of the molecule is COC(=O)[C@H](Cc1ccc(NC(=S)NCCc2ccccc2)cc1)NC(=O)[C@@H]1CCCN1S(=O)(=O)c1ccc(C)cc1. The highest BCUT2D eigenvalue weighted by Gasteiger charge is 2.40. The average molecular weight is 609 g/mol. The fraction of sp³-hybridized carbons (Fsp3) is 0.323. The number of esters is 1. The molecule has 1 fully saturated rings. The van der Waals surface area contributed by atoms with E-state index in [2.05, 4.69) is 28.1 Å². The summed E-state index contributed by atoms with van der Waals surface area (Å²) >= 11 is 5.40. The average Bonchev–Trinajstić information content (AvgIpc) is 3.50. The third-order valence-electron chi connectivity index (χ3n) is 7.13. The Hall–Kier alpha value is -3.80. The first-order valence-electron chi connectivity index (χ1n) is 13.8. The number of hydrogen-bond acceptors (Lipinski definition) is 6. The molecule has 1 amide bonds. The number of aryl methyl sites for hydroxylation is 1. The number of thiocarbonyl (C=S) groups is 1. The van der Waals surface area contributed by atoms with Gasteiger partial charge in [0.1, 0.15) is 12.1 Å². The minimum Gasteiger partial charge on any atom is -0.467 e. The molecule has 9 nitrogen and oxygen atoms in total. The molecule has 0 bridgehead atoms. The van der Waals surface area contributed by atoms with Crippen LogP contribution >= 0.6 is 12.2 Å². The number of carbonyl (C=O) groups excluding carboxylic acids is 2. The van der Waals surface area contributed by atoms with Gasteiger partial charge in [-0.15, -0.1) is 0 Å². The van der Waals surface area contributed by atoms with Crippen LogP contribution in [-0.4, -0.2) is 62.0 Å². The molecule has 1 aliphatic rings. The van der Waals surface area contributed by atoms with Crippen LogP contribution in [0.5, 0.6) is 0 Å². The lowest BCUT2D eigenvalue weighted by Gasteiger charge is -2.25. The number of nitrogens with zero attached hydrogens (tertiary/aromatic N) is 1. The Morgan fingerprint density at radius 2 is 1.69 bits per heavy atom. The zero-order valence-electron chi connectivity index (χ0n) is 23.7. The molecule has 1 saturated heterocycles. The zero-order chi connectivity index (χ0) is 30.1. The van der Waals surface area contributed by atoms with E-state index in [-0.39, 0.29) is 17.9 Å². The van der Waals surface area contributed by atoms with Crippen LogP contribution in [0.4, 0.5) is 5.69 Å². The molecule has 0 spiro atoms. The number of nitrogens with one attached hydrogen (secondary N) is 3. The van der Waals surface area contributed by atoms with Crippen molar-refractivity contribution in [2.45, 2.75) is 49.6 Å². The van der Waals surface area contributed by atoms with Gasteiger partial charge in [-0.2, -0.15) is 4.31 Å². The second kappa shape index (κ2) is 14.4. The van der Waals surface area contributed by atoms with Crippen molar-refractivity contribution in [3.05, 3.63) is 95.6 Å². The van der Waals surface area contributed by atoms with Gasteiger partial charge in [-0.3, -0.25) is 4.79 Å². The van der Waals surface area contributed by atoms with Crippen molar-refractivity contribution in [1.82, 2.24) is 14.9 Å². The first-order chi connectivity index (χ1) is 20.2. The van der Waals surface area contributed by atoms with Crippen LogP contribution in [0, 0.1) is 6.92 Å². The Morgan fingerprint density at radius 1 is 1.00 bits per heavy atom. The Labute approximate surface area is 252 Å². The summed E-state index contributed by atoms with van der Waals surface area (Å²) in [6, 6.07) is 22.1. The normalized spacial score (nSPS) is 15.9. The maximum Gasteiger partial charge on any atom is 0.328 e. The van der Waals surface area contributed by atoms with Gasteiger partial charge in [0, 0.05) is 25.2 Å². The first-order valence-corrected chi connectivity index (χ1v) is 15.7. The summed E-state index contributed by atoms with van der Waals surface area (Å²) in [5.41, 5.74) is 3.72. The minimum atomic E-state index is -3.87. The smallest absolute Gasteiger partial charge is 0.328 e. The summed E-state index contributed by atoms with van der Waals surface area (Å²) in [5, 5.41) is 9.57. The molecule has 4 rings (SSSR count). The molecule has 0 radical (unpaired) electrons. The number of benzene rings is 3. The number of methoxy groups -OCH3 is 1. The highest BCUT2D eigenvalue weighted by molar-refractivity contribution is 7.89. The maximum atomic E-state index is 13.3. The van der Waals surface area contributed by atoms with Crippen LogP contribution in [0.1, 0.15) is 29.5 Å². The predicted octanol–water partition coefficient (Wildman–Crippen LogP) is 3.58. The molecular formula is C31H36N4O5S2. The molecule has 0 aliphatic carbocycles. The van der Waals surface area contributed by atoms with E-state index in [0.717, 1.165) is 23.2 Å². The van der Waals surface area contributed by atoms with Crippen LogP contribution in [0.15, 0.2) is 83.8 Å². The van der Waals surface area contributed by atoms with Crippen LogP contribution in [0.25, 0.3) is 0 Å². The van der Waals surface area contributed by atoms with Gasteiger partial charge in [-0.25, -0.2) is 13.2 Å². The lowest BCUT2D eigenvalue weighted by atomic mass is 10.0. The number of sulfonamides is 1. The predicted molar refractivity (Wildman–Crippen MR) is 167 cm³/mol. The van der Waals surface area contributed by atoms with Crippen LogP contribution in [0.2, 0.25) is 0 Å². The van der Waals surface area contributed by atoms with Gasteiger partial charge in [-0.05, 0) is 73.8 Å². The maximum absolute atomic E-state index is 13.3. The van der Waals surface area contributed by atoms with Gasteiger partial charge in [0.05, 0.1) is 12.0 Å². The molecule has 2 atom stereocenters. The van der Waals surface area contributed by atoms with E-state index in [0.29, 0.717) is 24.5 Å². The van der Waals surface area contributed by atoms with Crippen LogP contribution in [0.3, 0.4) is 0 Å². The van der Waals surface area contributed by atoms with Gasteiger partial charge in [-0.1, -0.05) is 60.2 Å². The summed E-state index contributed by atoms with van der Waals surface area (Å²) in [4.78, 5) is 26.0. The Kier molecular flexibility index (Phi) is 10.7. The number of ether oxygens (including phenoxy) is 1. The number of rotatable bonds is 11. The highest BCUT2D eigenvalue weighted by atomic mass is 32.2. The standard InChI is InChI=1S/C31H36N4O5S2/c1-22-10-16-26(17-11-22)42(38,39)35-20-6-9-28(35)29(36)34-27(30(37)40-2)21-24-12-14-25(15-13-24)33-31(41)32-19-18-23-7-4-3-5-8-23/h3-5,7-8,10-17,27-28H,6,9,18-21H2,1-2H3,(H,34,36)(H2,32,33,41)/t27-,28-/m0/s1. The lowest BCUT2D eigenvalue weighted by molar-refractivity contribution is -0.145. The Morgan fingerprint density at radius 3 is 2.36 bits per heavy atom. The second-order valence-corrected chi connectivity index (χ2v) is 12.5. The summed E-state index contributed by atoms with van der Waals surface area (Å²) in [6.07, 6.45) is 1.93. The van der Waals surface area contributed by atoms with Crippen LogP contribution in [-0.2, 0) is 37.2 Å². The summed E-state index contributed by atoms with van der Waals surface area (Å²) in [6.45, 7) is 2.80. The minimum absolute atomic E-state index is 0.136. The van der Waals surface area contributed by atoms with Crippen molar-refractivity contribution in [3.63, 3.8) is 0 Å².